The van der Waals surface area contributed by atoms with Crippen LogP contribution < -0.4 is 9.47 Å². The van der Waals surface area contributed by atoms with Crippen LogP contribution in [0.2, 0.25) is 0 Å². The van der Waals surface area contributed by atoms with Crippen molar-refractivity contribution < 1.29 is 28.9 Å². The molecule has 0 amide bonds. The molecule has 40 heavy (non-hydrogen) atoms. The molecule has 7 nitrogen and oxygen atoms in total. The van der Waals surface area contributed by atoms with Crippen LogP contribution in [0.15, 0.2) is 77.2 Å². The molecule has 0 atom stereocenters. The van der Waals surface area contributed by atoms with Gasteiger partial charge in [-0.2, -0.15) is 0 Å². The maximum absolute atomic E-state index is 10.8. The van der Waals surface area contributed by atoms with Gasteiger partial charge in [-0.25, -0.2) is 4.79 Å². The molecule has 206 valence electrons. The molecule has 0 radical (unpaired) electrons. The predicted molar refractivity (Wildman–Crippen MR) is 156 cm³/mol. The van der Waals surface area contributed by atoms with Crippen LogP contribution in [0, 0.1) is 25.7 Å². The molecular formula is C33H33NO6. The summed E-state index contributed by atoms with van der Waals surface area (Å²) in [6.07, 6.45) is 2.04. The van der Waals surface area contributed by atoms with Crippen LogP contribution in [-0.2, 0) is 4.79 Å². The SMILES string of the molecule is Cc1cc2cc(C(=CCOc3ccc(OCC(=O)O)c(C)c3)c3ccc(C#CCN(C)CCO)cc3)ccc2o1. The maximum atomic E-state index is 10.8. The first-order valence-corrected chi connectivity index (χ1v) is 13.0. The van der Waals surface area contributed by atoms with E-state index < -0.39 is 12.6 Å². The van der Waals surface area contributed by atoms with Crippen molar-refractivity contribution in [3.8, 4) is 23.3 Å². The minimum absolute atomic E-state index is 0.113. The van der Waals surface area contributed by atoms with Crippen molar-refractivity contribution in [2.45, 2.75) is 13.8 Å². The summed E-state index contributed by atoms with van der Waals surface area (Å²) in [4.78, 5) is 12.8. The molecule has 7 heteroatoms. The molecule has 4 rings (SSSR count). The number of hydrogen-bond acceptors (Lipinski definition) is 6. The van der Waals surface area contributed by atoms with Crippen molar-refractivity contribution in [3.05, 3.63) is 101 Å². The Morgan fingerprint density at radius 3 is 2.50 bits per heavy atom. The number of aryl methyl sites for hydroxylation is 2. The Bertz CT molecular complexity index is 1560. The van der Waals surface area contributed by atoms with E-state index in [-0.39, 0.29) is 6.61 Å². The first kappa shape index (κ1) is 28.5. The van der Waals surface area contributed by atoms with Gasteiger partial charge in [0.05, 0.1) is 13.2 Å². The van der Waals surface area contributed by atoms with E-state index in [1.54, 1.807) is 12.1 Å². The van der Waals surface area contributed by atoms with Crippen molar-refractivity contribution >= 4 is 22.5 Å². The summed E-state index contributed by atoms with van der Waals surface area (Å²) in [6, 6.07) is 21.6. The molecule has 0 fully saturated rings. The third-order valence-electron chi connectivity index (χ3n) is 6.24. The van der Waals surface area contributed by atoms with Crippen molar-refractivity contribution in [2.24, 2.45) is 0 Å². The molecule has 0 aliphatic rings. The van der Waals surface area contributed by atoms with Crippen LogP contribution >= 0.6 is 0 Å². The normalized spacial score (nSPS) is 11.4. The van der Waals surface area contributed by atoms with E-state index in [0.717, 1.165) is 44.6 Å². The number of carboxylic acids is 1. The Morgan fingerprint density at radius 2 is 1.77 bits per heavy atom. The van der Waals surface area contributed by atoms with E-state index in [1.165, 1.54) is 0 Å². The van der Waals surface area contributed by atoms with Crippen LogP contribution in [0.1, 0.15) is 28.0 Å². The van der Waals surface area contributed by atoms with Crippen LogP contribution in [0.3, 0.4) is 0 Å². The average Bonchev–Trinajstić information content (AvgIpc) is 3.30. The maximum Gasteiger partial charge on any atom is 0.341 e. The minimum Gasteiger partial charge on any atom is -0.489 e. The van der Waals surface area contributed by atoms with Gasteiger partial charge >= 0.3 is 5.97 Å². The zero-order chi connectivity index (χ0) is 28.5. The van der Waals surface area contributed by atoms with E-state index in [0.29, 0.717) is 31.2 Å². The van der Waals surface area contributed by atoms with Gasteiger partial charge in [-0.3, -0.25) is 4.90 Å². The van der Waals surface area contributed by atoms with E-state index >= 15 is 0 Å². The Kier molecular flexibility index (Phi) is 9.63. The third kappa shape index (κ3) is 7.76. The van der Waals surface area contributed by atoms with E-state index in [4.69, 9.17) is 24.1 Å². The Morgan fingerprint density at radius 1 is 1.00 bits per heavy atom. The number of aliphatic hydroxyl groups is 1. The number of aliphatic hydroxyl groups excluding tert-OH is 1. The molecule has 0 unspecified atom stereocenters. The highest BCUT2D eigenvalue weighted by Gasteiger charge is 2.10. The number of ether oxygens (including phenoxy) is 2. The van der Waals surface area contributed by atoms with Crippen molar-refractivity contribution in [1.29, 1.82) is 0 Å². The fraction of sp³-hybridized carbons (Fsp3) is 0.242. The molecule has 4 aromatic rings. The summed E-state index contributed by atoms with van der Waals surface area (Å²) < 4.78 is 17.1. The van der Waals surface area contributed by atoms with Gasteiger partial charge in [-0.15, -0.1) is 0 Å². The zero-order valence-corrected chi connectivity index (χ0v) is 22.9. The minimum atomic E-state index is -1.02. The van der Waals surface area contributed by atoms with Crippen LogP contribution in [0.25, 0.3) is 16.5 Å². The first-order valence-electron chi connectivity index (χ1n) is 13.0. The molecule has 0 saturated heterocycles. The lowest BCUT2D eigenvalue weighted by molar-refractivity contribution is -0.139. The van der Waals surface area contributed by atoms with Crippen molar-refractivity contribution in [1.82, 2.24) is 4.90 Å². The van der Waals surface area contributed by atoms with Gasteiger partial charge < -0.3 is 24.1 Å². The van der Waals surface area contributed by atoms with Gasteiger partial charge in [0.25, 0.3) is 0 Å². The van der Waals surface area contributed by atoms with Gasteiger partial charge in [0.15, 0.2) is 6.61 Å². The monoisotopic (exact) mass is 539 g/mol. The van der Waals surface area contributed by atoms with Crippen LogP contribution in [0.5, 0.6) is 11.5 Å². The number of furan rings is 1. The molecule has 0 aliphatic heterocycles. The summed E-state index contributed by atoms with van der Waals surface area (Å²) in [5, 5.41) is 18.9. The number of benzene rings is 3. The van der Waals surface area contributed by atoms with Gasteiger partial charge in [0.2, 0.25) is 0 Å². The highest BCUT2D eigenvalue weighted by molar-refractivity contribution is 5.87. The standard InChI is InChI=1S/C33H33NO6/c1-23-19-29(11-13-31(23)39-22-33(36)37)38-18-14-30(27-10-12-32-28(21-27)20-24(2)40-32)26-8-6-25(7-9-26)5-4-15-34(3)16-17-35/h6-14,19-21,35H,15-18,22H2,1-3H3,(H,36,37). The number of carbonyl (C=O) groups is 1. The fourth-order valence-corrected chi connectivity index (χ4v) is 4.24. The largest absolute Gasteiger partial charge is 0.489 e. The van der Waals surface area contributed by atoms with Gasteiger partial charge in [-0.1, -0.05) is 30.0 Å². The summed E-state index contributed by atoms with van der Waals surface area (Å²) >= 11 is 0. The summed E-state index contributed by atoms with van der Waals surface area (Å²) in [6.45, 7) is 5.01. The Balaban J connectivity index is 1.56. The number of aliphatic carboxylic acids is 1. The third-order valence-corrected chi connectivity index (χ3v) is 6.24. The van der Waals surface area contributed by atoms with Crippen molar-refractivity contribution in [3.63, 3.8) is 0 Å². The lowest BCUT2D eigenvalue weighted by Gasteiger charge is -2.12. The second-order valence-corrected chi connectivity index (χ2v) is 9.49. The molecule has 0 spiro atoms. The zero-order valence-electron chi connectivity index (χ0n) is 22.9. The molecule has 2 N–H and O–H groups in total. The van der Waals surface area contributed by atoms with E-state index in [9.17, 15) is 4.79 Å². The fourth-order valence-electron chi connectivity index (χ4n) is 4.24. The van der Waals surface area contributed by atoms with Gasteiger partial charge in [0.1, 0.15) is 29.4 Å². The van der Waals surface area contributed by atoms with Crippen molar-refractivity contribution in [2.75, 3.05) is 40.0 Å². The topological polar surface area (TPSA) is 92.4 Å². The summed E-state index contributed by atoms with van der Waals surface area (Å²) in [7, 11) is 1.92. The van der Waals surface area contributed by atoms with Crippen LogP contribution in [0.4, 0.5) is 0 Å². The van der Waals surface area contributed by atoms with Crippen LogP contribution in [-0.4, -0.2) is 61.0 Å². The Labute approximate surface area is 234 Å². The number of likely N-dealkylation sites (N-methyl/N-ethyl adjacent to an activating group) is 1. The molecule has 1 heterocycles. The first-order chi connectivity index (χ1) is 19.3. The second kappa shape index (κ2) is 13.5. The molecule has 0 bridgehead atoms. The number of hydrogen-bond donors (Lipinski definition) is 2. The lowest BCUT2D eigenvalue weighted by Crippen LogP contribution is -2.22. The highest BCUT2D eigenvalue weighted by atomic mass is 16.5. The number of nitrogens with zero attached hydrogens (tertiary/aromatic N) is 1. The number of fused-ring (bicyclic) bond motifs is 1. The Hall–Kier alpha value is -4.51. The summed E-state index contributed by atoms with van der Waals surface area (Å²) in [5.41, 5.74) is 5.63. The molecule has 0 saturated carbocycles. The molecule has 3 aromatic carbocycles. The summed E-state index contributed by atoms with van der Waals surface area (Å²) in [5.74, 6) is 7.34. The lowest BCUT2D eigenvalue weighted by atomic mass is 9.96. The average molecular weight is 540 g/mol. The van der Waals surface area contributed by atoms with Gasteiger partial charge in [-0.05, 0) is 97.8 Å². The van der Waals surface area contributed by atoms with E-state index in [1.807, 2.05) is 68.3 Å². The van der Waals surface area contributed by atoms with E-state index in [2.05, 4.69) is 30.0 Å². The predicted octanol–water partition coefficient (Wildman–Crippen LogP) is 5.30. The number of carboxylic acid groups (broad SMARTS) is 1. The highest BCUT2D eigenvalue weighted by Crippen LogP contribution is 2.29. The molecule has 0 aliphatic carbocycles. The smallest absolute Gasteiger partial charge is 0.341 e. The molecular weight excluding hydrogens is 506 g/mol. The molecule has 1 aromatic heterocycles. The number of rotatable bonds is 11. The second-order valence-electron chi connectivity index (χ2n) is 9.49. The van der Waals surface area contributed by atoms with Gasteiger partial charge in [0, 0.05) is 17.5 Å². The quantitative estimate of drug-likeness (QED) is 0.250.